The first kappa shape index (κ1) is 12.2. The zero-order valence-electron chi connectivity index (χ0n) is 9.63. The van der Waals surface area contributed by atoms with E-state index in [4.69, 9.17) is 11.5 Å². The SMILES string of the molecule is CCc1cc(CN)cc(CCCCN)c1. The van der Waals surface area contributed by atoms with Crippen LogP contribution in [0, 0.1) is 0 Å². The van der Waals surface area contributed by atoms with Crippen LogP contribution in [0.1, 0.15) is 36.5 Å². The smallest absolute Gasteiger partial charge is 0.0178 e. The fraction of sp³-hybridized carbons (Fsp3) is 0.538. The molecule has 1 rings (SSSR count). The fourth-order valence-corrected chi connectivity index (χ4v) is 1.78. The van der Waals surface area contributed by atoms with Gasteiger partial charge in [-0.05, 0) is 48.9 Å². The lowest BCUT2D eigenvalue weighted by Crippen LogP contribution is -2.01. The molecular formula is C13H22N2. The summed E-state index contributed by atoms with van der Waals surface area (Å²) < 4.78 is 0. The number of aryl methyl sites for hydroxylation is 2. The van der Waals surface area contributed by atoms with E-state index < -0.39 is 0 Å². The lowest BCUT2D eigenvalue weighted by atomic mass is 10.0. The summed E-state index contributed by atoms with van der Waals surface area (Å²) in [7, 11) is 0. The maximum atomic E-state index is 5.68. The molecule has 0 aliphatic carbocycles. The monoisotopic (exact) mass is 206 g/mol. The van der Waals surface area contributed by atoms with Crippen molar-refractivity contribution < 1.29 is 0 Å². The molecule has 0 radical (unpaired) electrons. The third-order valence-corrected chi connectivity index (χ3v) is 2.68. The topological polar surface area (TPSA) is 52.0 Å². The van der Waals surface area contributed by atoms with Gasteiger partial charge in [0.05, 0.1) is 0 Å². The minimum Gasteiger partial charge on any atom is -0.330 e. The second-order valence-corrected chi connectivity index (χ2v) is 3.96. The van der Waals surface area contributed by atoms with Crippen molar-refractivity contribution >= 4 is 0 Å². The Hall–Kier alpha value is -0.860. The molecule has 1 aromatic rings. The Balaban J connectivity index is 2.68. The molecule has 1 aromatic carbocycles. The average Bonchev–Trinajstić information content (AvgIpc) is 2.29. The molecule has 0 aliphatic rings. The van der Waals surface area contributed by atoms with Crippen LogP contribution in [0.4, 0.5) is 0 Å². The van der Waals surface area contributed by atoms with E-state index in [1.165, 1.54) is 23.1 Å². The van der Waals surface area contributed by atoms with Gasteiger partial charge in [-0.15, -0.1) is 0 Å². The zero-order chi connectivity index (χ0) is 11.1. The molecule has 0 saturated heterocycles. The Kier molecular flexibility index (Phi) is 5.37. The summed E-state index contributed by atoms with van der Waals surface area (Å²) in [5, 5.41) is 0. The molecule has 0 amide bonds. The molecule has 0 aromatic heterocycles. The van der Waals surface area contributed by atoms with Crippen molar-refractivity contribution in [1.82, 2.24) is 0 Å². The third-order valence-electron chi connectivity index (χ3n) is 2.68. The third kappa shape index (κ3) is 4.02. The normalized spacial score (nSPS) is 10.6. The van der Waals surface area contributed by atoms with E-state index in [0.717, 1.165) is 25.8 Å². The second kappa shape index (κ2) is 6.59. The van der Waals surface area contributed by atoms with Crippen LogP contribution in [-0.4, -0.2) is 6.54 Å². The Labute approximate surface area is 92.7 Å². The molecule has 15 heavy (non-hydrogen) atoms. The predicted molar refractivity (Wildman–Crippen MR) is 65.7 cm³/mol. The van der Waals surface area contributed by atoms with Gasteiger partial charge in [0, 0.05) is 6.54 Å². The van der Waals surface area contributed by atoms with Gasteiger partial charge in [0.1, 0.15) is 0 Å². The molecule has 0 fully saturated rings. The number of hydrogen-bond acceptors (Lipinski definition) is 2. The molecule has 0 spiro atoms. The van der Waals surface area contributed by atoms with Crippen molar-refractivity contribution in [2.75, 3.05) is 6.54 Å². The van der Waals surface area contributed by atoms with Crippen LogP contribution in [0.2, 0.25) is 0 Å². The van der Waals surface area contributed by atoms with Crippen LogP contribution in [-0.2, 0) is 19.4 Å². The molecule has 0 heterocycles. The van der Waals surface area contributed by atoms with Crippen LogP contribution in [0.15, 0.2) is 18.2 Å². The van der Waals surface area contributed by atoms with Gasteiger partial charge in [-0.3, -0.25) is 0 Å². The largest absolute Gasteiger partial charge is 0.330 e. The predicted octanol–water partition coefficient (Wildman–Crippen LogP) is 1.99. The van der Waals surface area contributed by atoms with E-state index in [2.05, 4.69) is 25.1 Å². The average molecular weight is 206 g/mol. The van der Waals surface area contributed by atoms with Crippen LogP contribution >= 0.6 is 0 Å². The molecule has 0 bridgehead atoms. The van der Waals surface area contributed by atoms with Gasteiger partial charge in [-0.1, -0.05) is 25.1 Å². The van der Waals surface area contributed by atoms with Crippen LogP contribution in [0.25, 0.3) is 0 Å². The Morgan fingerprint density at radius 3 is 2.20 bits per heavy atom. The number of nitrogens with two attached hydrogens (primary N) is 2. The first-order valence-corrected chi connectivity index (χ1v) is 5.82. The molecular weight excluding hydrogens is 184 g/mol. The maximum Gasteiger partial charge on any atom is 0.0178 e. The molecule has 84 valence electrons. The van der Waals surface area contributed by atoms with E-state index >= 15 is 0 Å². The summed E-state index contributed by atoms with van der Waals surface area (Å²) in [4.78, 5) is 0. The molecule has 2 nitrogen and oxygen atoms in total. The number of unbranched alkanes of at least 4 members (excludes halogenated alkanes) is 1. The van der Waals surface area contributed by atoms with E-state index in [1.54, 1.807) is 0 Å². The number of benzene rings is 1. The Morgan fingerprint density at radius 2 is 1.60 bits per heavy atom. The Bertz CT molecular complexity index is 272. The molecule has 4 N–H and O–H groups in total. The summed E-state index contributed by atoms with van der Waals surface area (Å²) in [6.45, 7) is 3.61. The molecule has 2 heteroatoms. The minimum atomic E-state index is 0.637. The standard InChI is InChI=1S/C13H22N2/c1-2-11-7-12(5-3-4-6-14)9-13(8-11)10-15/h7-9H,2-6,10,14-15H2,1H3. The highest BCUT2D eigenvalue weighted by atomic mass is 14.5. The van der Waals surface area contributed by atoms with Gasteiger partial charge in [0.25, 0.3) is 0 Å². The first-order valence-electron chi connectivity index (χ1n) is 5.82. The summed E-state index contributed by atoms with van der Waals surface area (Å²) in [5.74, 6) is 0. The molecule has 0 saturated carbocycles. The Morgan fingerprint density at radius 1 is 0.933 bits per heavy atom. The van der Waals surface area contributed by atoms with Crippen molar-refractivity contribution in [1.29, 1.82) is 0 Å². The van der Waals surface area contributed by atoms with E-state index in [0.29, 0.717) is 6.54 Å². The molecule has 0 unspecified atom stereocenters. The van der Waals surface area contributed by atoms with Crippen LogP contribution in [0.5, 0.6) is 0 Å². The van der Waals surface area contributed by atoms with Gasteiger partial charge < -0.3 is 11.5 Å². The highest BCUT2D eigenvalue weighted by Crippen LogP contribution is 2.13. The summed E-state index contributed by atoms with van der Waals surface area (Å²) in [6.07, 6.45) is 4.48. The van der Waals surface area contributed by atoms with E-state index in [1.807, 2.05) is 0 Å². The van der Waals surface area contributed by atoms with Crippen LogP contribution in [0.3, 0.4) is 0 Å². The zero-order valence-corrected chi connectivity index (χ0v) is 9.63. The minimum absolute atomic E-state index is 0.637. The van der Waals surface area contributed by atoms with Crippen molar-refractivity contribution in [3.05, 3.63) is 34.9 Å². The van der Waals surface area contributed by atoms with E-state index in [-0.39, 0.29) is 0 Å². The van der Waals surface area contributed by atoms with Crippen molar-refractivity contribution in [3.8, 4) is 0 Å². The summed E-state index contributed by atoms with van der Waals surface area (Å²) >= 11 is 0. The highest BCUT2D eigenvalue weighted by Gasteiger charge is 1.99. The van der Waals surface area contributed by atoms with Crippen molar-refractivity contribution in [2.24, 2.45) is 11.5 Å². The number of hydrogen-bond donors (Lipinski definition) is 2. The first-order chi connectivity index (χ1) is 7.30. The lowest BCUT2D eigenvalue weighted by Gasteiger charge is -2.07. The molecule has 0 aliphatic heterocycles. The summed E-state index contributed by atoms with van der Waals surface area (Å²) in [5.41, 5.74) is 15.2. The second-order valence-electron chi connectivity index (χ2n) is 3.96. The van der Waals surface area contributed by atoms with Crippen molar-refractivity contribution in [3.63, 3.8) is 0 Å². The van der Waals surface area contributed by atoms with Gasteiger partial charge in [-0.2, -0.15) is 0 Å². The lowest BCUT2D eigenvalue weighted by molar-refractivity contribution is 0.743. The highest BCUT2D eigenvalue weighted by molar-refractivity contribution is 5.30. The fourth-order valence-electron chi connectivity index (χ4n) is 1.78. The van der Waals surface area contributed by atoms with Crippen molar-refractivity contribution in [2.45, 2.75) is 39.2 Å². The van der Waals surface area contributed by atoms with Gasteiger partial charge in [0.2, 0.25) is 0 Å². The number of rotatable bonds is 6. The van der Waals surface area contributed by atoms with Gasteiger partial charge in [-0.25, -0.2) is 0 Å². The summed E-state index contributed by atoms with van der Waals surface area (Å²) in [6, 6.07) is 6.71. The maximum absolute atomic E-state index is 5.68. The van der Waals surface area contributed by atoms with E-state index in [9.17, 15) is 0 Å². The van der Waals surface area contributed by atoms with Crippen LogP contribution < -0.4 is 11.5 Å². The van der Waals surface area contributed by atoms with Gasteiger partial charge >= 0.3 is 0 Å². The van der Waals surface area contributed by atoms with Gasteiger partial charge in [0.15, 0.2) is 0 Å². The quantitative estimate of drug-likeness (QED) is 0.699. The molecule has 0 atom stereocenters.